The molecular formula is C26H42O5. The molecule has 0 heterocycles. The van der Waals surface area contributed by atoms with E-state index in [0.29, 0.717) is 53.9 Å². The first-order valence-corrected chi connectivity index (χ1v) is 12.7. The highest BCUT2D eigenvalue weighted by atomic mass is 16.5. The first-order valence-electron chi connectivity index (χ1n) is 12.7. The number of aliphatic hydroxyl groups is 1. The molecule has 0 aromatic rings. The van der Waals surface area contributed by atoms with Crippen LogP contribution in [0.3, 0.4) is 0 Å². The van der Waals surface area contributed by atoms with Gasteiger partial charge in [0, 0.05) is 12.5 Å². The number of carbonyl (C=O) groups is 2. The van der Waals surface area contributed by atoms with Gasteiger partial charge in [-0.3, -0.25) is 9.59 Å². The highest BCUT2D eigenvalue weighted by Crippen LogP contribution is 2.68. The zero-order valence-electron chi connectivity index (χ0n) is 19.6. The standard InChI is InChI=1S/C26H42O5/c1-17(5-4-12-27)20-6-7-21-24-22(9-11-26(20,21)3)25(2)10-8-19(30-15-28)13-18(25)14-23(24)31-16-29/h15-24,27H,4-14H2,1-3H3/t17-,18+,19-,20-,21+,22+,23-,24+,25+,26-/m1/s1. The van der Waals surface area contributed by atoms with Crippen LogP contribution in [0.4, 0.5) is 0 Å². The molecule has 0 unspecified atom stereocenters. The van der Waals surface area contributed by atoms with Crippen LogP contribution in [-0.4, -0.2) is 36.9 Å². The van der Waals surface area contributed by atoms with E-state index < -0.39 is 0 Å². The Bertz CT molecular complexity index is 652. The second kappa shape index (κ2) is 9.03. The van der Waals surface area contributed by atoms with Crippen LogP contribution in [0, 0.1) is 46.3 Å². The van der Waals surface area contributed by atoms with Crippen LogP contribution in [0.2, 0.25) is 0 Å². The van der Waals surface area contributed by atoms with E-state index in [1.165, 1.54) is 25.7 Å². The summed E-state index contributed by atoms with van der Waals surface area (Å²) in [7, 11) is 0. The molecule has 10 atom stereocenters. The molecule has 0 amide bonds. The Labute approximate surface area is 187 Å². The molecule has 1 N–H and O–H groups in total. The lowest BCUT2D eigenvalue weighted by molar-refractivity contribution is -0.190. The summed E-state index contributed by atoms with van der Waals surface area (Å²) in [5.41, 5.74) is 0.555. The molecule has 0 aliphatic heterocycles. The largest absolute Gasteiger partial charge is 0.465 e. The quantitative estimate of drug-likeness (QED) is 0.558. The zero-order chi connectivity index (χ0) is 22.2. The summed E-state index contributed by atoms with van der Waals surface area (Å²) in [5.74, 6) is 3.42. The van der Waals surface area contributed by atoms with E-state index in [4.69, 9.17) is 9.47 Å². The fourth-order valence-corrected chi connectivity index (χ4v) is 9.16. The molecule has 0 saturated heterocycles. The number of fused-ring (bicyclic) bond motifs is 5. The van der Waals surface area contributed by atoms with Crippen molar-refractivity contribution in [3.63, 3.8) is 0 Å². The molecule has 31 heavy (non-hydrogen) atoms. The highest BCUT2D eigenvalue weighted by Gasteiger charge is 2.63. The second-order valence-electron chi connectivity index (χ2n) is 11.7. The smallest absolute Gasteiger partial charge is 0.293 e. The Morgan fingerprint density at radius 3 is 2.39 bits per heavy atom. The lowest BCUT2D eigenvalue weighted by Crippen LogP contribution is -2.59. The fourth-order valence-electron chi connectivity index (χ4n) is 9.16. The summed E-state index contributed by atoms with van der Waals surface area (Å²) < 4.78 is 11.2. The minimum absolute atomic E-state index is 0.00770. The molecule has 4 fully saturated rings. The Kier molecular flexibility index (Phi) is 6.72. The van der Waals surface area contributed by atoms with E-state index in [2.05, 4.69) is 20.8 Å². The van der Waals surface area contributed by atoms with Gasteiger partial charge in [-0.1, -0.05) is 20.8 Å². The van der Waals surface area contributed by atoms with E-state index in [0.717, 1.165) is 38.5 Å². The summed E-state index contributed by atoms with van der Waals surface area (Å²) in [6.07, 6.45) is 10.8. The lowest BCUT2D eigenvalue weighted by atomic mass is 9.43. The number of aliphatic hydroxyl groups excluding tert-OH is 1. The zero-order valence-corrected chi connectivity index (χ0v) is 19.6. The summed E-state index contributed by atoms with van der Waals surface area (Å²) >= 11 is 0. The molecule has 0 spiro atoms. The molecule has 4 aliphatic rings. The molecule has 0 aromatic carbocycles. The second-order valence-corrected chi connectivity index (χ2v) is 11.7. The number of carbonyl (C=O) groups excluding carboxylic acids is 2. The molecular weight excluding hydrogens is 392 g/mol. The van der Waals surface area contributed by atoms with Gasteiger partial charge < -0.3 is 14.6 Å². The maximum atomic E-state index is 11.5. The van der Waals surface area contributed by atoms with Gasteiger partial charge in [0.1, 0.15) is 12.2 Å². The third kappa shape index (κ3) is 3.83. The van der Waals surface area contributed by atoms with Crippen LogP contribution in [0.5, 0.6) is 0 Å². The number of ether oxygens (including phenoxy) is 2. The van der Waals surface area contributed by atoms with Gasteiger partial charge in [-0.2, -0.15) is 0 Å². The first kappa shape index (κ1) is 23.1. The van der Waals surface area contributed by atoms with Crippen molar-refractivity contribution >= 4 is 12.9 Å². The summed E-state index contributed by atoms with van der Waals surface area (Å²) in [6, 6.07) is 0. The number of rotatable bonds is 8. The third-order valence-electron chi connectivity index (χ3n) is 10.7. The molecule has 4 saturated carbocycles. The molecule has 0 aromatic heterocycles. The summed E-state index contributed by atoms with van der Waals surface area (Å²) in [6.45, 7) is 8.93. The monoisotopic (exact) mass is 434 g/mol. The highest BCUT2D eigenvalue weighted by molar-refractivity contribution is 5.38. The van der Waals surface area contributed by atoms with Gasteiger partial charge in [0.25, 0.3) is 12.9 Å². The minimum Gasteiger partial charge on any atom is -0.465 e. The van der Waals surface area contributed by atoms with E-state index in [1.54, 1.807) is 0 Å². The van der Waals surface area contributed by atoms with Gasteiger partial charge in [0.15, 0.2) is 0 Å². The van der Waals surface area contributed by atoms with Gasteiger partial charge in [0.05, 0.1) is 0 Å². The number of hydrogen-bond acceptors (Lipinski definition) is 5. The molecule has 5 nitrogen and oxygen atoms in total. The van der Waals surface area contributed by atoms with Crippen LogP contribution >= 0.6 is 0 Å². The van der Waals surface area contributed by atoms with Crippen molar-refractivity contribution in [2.45, 2.75) is 97.2 Å². The topological polar surface area (TPSA) is 72.8 Å². The van der Waals surface area contributed by atoms with Gasteiger partial charge in [-0.05, 0) is 105 Å². The molecule has 5 heteroatoms. The van der Waals surface area contributed by atoms with Crippen LogP contribution < -0.4 is 0 Å². The normalized spacial score (nSPS) is 47.4. The predicted octanol–water partition coefficient (Wildman–Crippen LogP) is 4.75. The maximum absolute atomic E-state index is 11.5. The Morgan fingerprint density at radius 1 is 0.968 bits per heavy atom. The summed E-state index contributed by atoms with van der Waals surface area (Å²) in [4.78, 5) is 22.4. The Balaban J connectivity index is 1.59. The predicted molar refractivity (Wildman–Crippen MR) is 118 cm³/mol. The third-order valence-corrected chi connectivity index (χ3v) is 10.7. The fraction of sp³-hybridized carbons (Fsp3) is 0.923. The Hall–Kier alpha value is -1.10. The SMILES string of the molecule is C[C@H](CCCO)[C@H]1CC[C@H]2[C@@H]3[C@H](OC=O)C[C@@H]4C[C@H](OC=O)CC[C@]4(C)[C@H]3CC[C@]12C. The lowest BCUT2D eigenvalue weighted by Gasteiger charge is -2.62. The van der Waals surface area contributed by atoms with Crippen molar-refractivity contribution in [3.8, 4) is 0 Å². The van der Waals surface area contributed by atoms with Crippen LogP contribution in [0.1, 0.15) is 85.0 Å². The van der Waals surface area contributed by atoms with Crippen LogP contribution in [0.15, 0.2) is 0 Å². The maximum Gasteiger partial charge on any atom is 0.293 e. The van der Waals surface area contributed by atoms with Gasteiger partial charge in [0.2, 0.25) is 0 Å². The van der Waals surface area contributed by atoms with Crippen molar-refractivity contribution in [1.82, 2.24) is 0 Å². The van der Waals surface area contributed by atoms with Gasteiger partial charge >= 0.3 is 0 Å². The molecule has 4 rings (SSSR count). The average molecular weight is 435 g/mol. The van der Waals surface area contributed by atoms with Crippen LogP contribution in [0.25, 0.3) is 0 Å². The molecule has 176 valence electrons. The first-order chi connectivity index (χ1) is 14.9. The molecule has 0 bridgehead atoms. The van der Waals surface area contributed by atoms with E-state index in [9.17, 15) is 14.7 Å². The van der Waals surface area contributed by atoms with Gasteiger partial charge in [-0.25, -0.2) is 0 Å². The number of hydrogen-bond donors (Lipinski definition) is 1. The van der Waals surface area contributed by atoms with Crippen molar-refractivity contribution in [2.24, 2.45) is 46.3 Å². The van der Waals surface area contributed by atoms with Crippen LogP contribution in [-0.2, 0) is 19.1 Å². The van der Waals surface area contributed by atoms with E-state index in [-0.39, 0.29) is 24.2 Å². The minimum atomic E-state index is -0.00770. The van der Waals surface area contributed by atoms with E-state index in [1.807, 2.05) is 0 Å². The molecule has 4 aliphatic carbocycles. The average Bonchev–Trinajstić information content (AvgIpc) is 3.10. The molecule has 0 radical (unpaired) electrons. The van der Waals surface area contributed by atoms with Crippen molar-refractivity contribution in [3.05, 3.63) is 0 Å². The Morgan fingerprint density at radius 2 is 1.68 bits per heavy atom. The van der Waals surface area contributed by atoms with Crippen molar-refractivity contribution < 1.29 is 24.2 Å². The van der Waals surface area contributed by atoms with Crippen molar-refractivity contribution in [1.29, 1.82) is 0 Å². The van der Waals surface area contributed by atoms with E-state index >= 15 is 0 Å². The van der Waals surface area contributed by atoms with Gasteiger partial charge in [-0.15, -0.1) is 0 Å². The summed E-state index contributed by atoms with van der Waals surface area (Å²) in [5, 5.41) is 9.32. The van der Waals surface area contributed by atoms with Crippen molar-refractivity contribution in [2.75, 3.05) is 6.61 Å².